The van der Waals surface area contributed by atoms with Crippen molar-refractivity contribution in [3.8, 4) is 11.1 Å². The van der Waals surface area contributed by atoms with Crippen molar-refractivity contribution in [3.05, 3.63) is 60.2 Å². The topological polar surface area (TPSA) is 24.7 Å². The van der Waals surface area contributed by atoms with Crippen molar-refractivity contribution < 1.29 is 0 Å². The molecule has 3 rings (SSSR count). The molecule has 136 valence electrons. The van der Waals surface area contributed by atoms with Gasteiger partial charge in [0, 0.05) is 10.8 Å². The fourth-order valence-electron chi connectivity index (χ4n) is 3.32. The van der Waals surface area contributed by atoms with Gasteiger partial charge in [-0.1, -0.05) is 82.3 Å². The SMILES string of the molecule is CC1(C)C(c2ccc(-c3ccccc3)cc2)=N/C(=N/[Si](C)(C)C)C1(C)C. The third kappa shape index (κ3) is 3.33. The lowest BCUT2D eigenvalue weighted by molar-refractivity contribution is 0.299. The van der Waals surface area contributed by atoms with Gasteiger partial charge in [0.05, 0.1) is 5.71 Å². The van der Waals surface area contributed by atoms with Crippen LogP contribution in [-0.2, 0) is 0 Å². The van der Waals surface area contributed by atoms with Gasteiger partial charge in [0.25, 0.3) is 0 Å². The molecule has 1 heterocycles. The van der Waals surface area contributed by atoms with E-state index in [1.807, 2.05) is 0 Å². The number of amidine groups is 1. The van der Waals surface area contributed by atoms with Gasteiger partial charge in [0.2, 0.25) is 0 Å². The van der Waals surface area contributed by atoms with E-state index in [0.29, 0.717) is 0 Å². The van der Waals surface area contributed by atoms with Gasteiger partial charge in [-0.15, -0.1) is 0 Å². The highest BCUT2D eigenvalue weighted by Gasteiger charge is 2.50. The van der Waals surface area contributed by atoms with Crippen molar-refractivity contribution in [1.29, 1.82) is 0 Å². The van der Waals surface area contributed by atoms with Crippen LogP contribution in [0.25, 0.3) is 11.1 Å². The summed E-state index contributed by atoms with van der Waals surface area (Å²) in [5.41, 5.74) is 4.71. The van der Waals surface area contributed by atoms with Crippen molar-refractivity contribution in [1.82, 2.24) is 0 Å². The third-order valence-electron chi connectivity index (χ3n) is 5.64. The summed E-state index contributed by atoms with van der Waals surface area (Å²) in [5, 5.41) is 0. The van der Waals surface area contributed by atoms with E-state index < -0.39 is 8.24 Å². The second-order valence-corrected chi connectivity index (χ2v) is 13.8. The largest absolute Gasteiger partial charge is 0.309 e. The highest BCUT2D eigenvalue weighted by atomic mass is 28.3. The summed E-state index contributed by atoms with van der Waals surface area (Å²) in [5.74, 6) is 1.02. The molecule has 0 aliphatic carbocycles. The van der Waals surface area contributed by atoms with E-state index in [1.165, 1.54) is 16.7 Å². The Balaban J connectivity index is 2.03. The predicted octanol–water partition coefficient (Wildman–Crippen LogP) is 6.44. The van der Waals surface area contributed by atoms with E-state index in [2.05, 4.69) is 102 Å². The van der Waals surface area contributed by atoms with Crippen LogP contribution in [0.5, 0.6) is 0 Å². The standard InChI is InChI=1S/C23H30N2Si/c1-22(2)20(24-21(23(22,3)4)25-26(5,6)7)19-15-13-18(14-16-19)17-11-9-8-10-12-17/h8-16H,1-7H3/b25-21+. The molecule has 0 unspecified atom stereocenters. The van der Waals surface area contributed by atoms with E-state index in [0.717, 1.165) is 11.5 Å². The molecule has 2 aromatic carbocycles. The van der Waals surface area contributed by atoms with Gasteiger partial charge in [-0.2, -0.15) is 0 Å². The Hall–Kier alpha value is -2.00. The van der Waals surface area contributed by atoms with E-state index in [4.69, 9.17) is 9.65 Å². The molecule has 2 aromatic rings. The molecule has 26 heavy (non-hydrogen) atoms. The van der Waals surface area contributed by atoms with E-state index >= 15 is 0 Å². The summed E-state index contributed by atoms with van der Waals surface area (Å²) in [4.78, 5) is 5.05. The summed E-state index contributed by atoms with van der Waals surface area (Å²) in [7, 11) is -1.58. The first-order valence-electron chi connectivity index (χ1n) is 9.38. The van der Waals surface area contributed by atoms with Crippen molar-refractivity contribution >= 4 is 19.8 Å². The van der Waals surface area contributed by atoms with Crippen molar-refractivity contribution in [2.24, 2.45) is 20.5 Å². The Morgan fingerprint density at radius 2 is 1.19 bits per heavy atom. The zero-order valence-corrected chi connectivity index (χ0v) is 18.1. The smallest absolute Gasteiger partial charge is 0.174 e. The number of nitrogens with zero attached hydrogens (tertiary/aromatic N) is 2. The van der Waals surface area contributed by atoms with Gasteiger partial charge in [0.1, 0.15) is 5.84 Å². The maximum Gasteiger partial charge on any atom is 0.174 e. The number of aliphatic imine (C=N–C) groups is 1. The molecule has 0 saturated heterocycles. The minimum Gasteiger partial charge on any atom is -0.309 e. The molecule has 0 fully saturated rings. The lowest BCUT2D eigenvalue weighted by atomic mass is 9.65. The van der Waals surface area contributed by atoms with Crippen LogP contribution in [0.3, 0.4) is 0 Å². The second-order valence-electron chi connectivity index (χ2n) is 9.26. The maximum absolute atomic E-state index is 5.07. The lowest BCUT2D eigenvalue weighted by Gasteiger charge is -2.36. The predicted molar refractivity (Wildman–Crippen MR) is 117 cm³/mol. The van der Waals surface area contributed by atoms with Crippen LogP contribution in [-0.4, -0.2) is 19.8 Å². The first-order chi connectivity index (χ1) is 12.0. The Kier molecular flexibility index (Phi) is 4.56. The fraction of sp³-hybridized carbons (Fsp3) is 0.391. The molecule has 0 saturated carbocycles. The summed E-state index contributed by atoms with van der Waals surface area (Å²) in [6.45, 7) is 16.0. The van der Waals surface area contributed by atoms with E-state index in [1.54, 1.807) is 0 Å². The quantitative estimate of drug-likeness (QED) is 0.561. The zero-order valence-electron chi connectivity index (χ0n) is 17.1. The van der Waals surface area contributed by atoms with Crippen LogP contribution in [0.1, 0.15) is 33.3 Å². The molecule has 0 aromatic heterocycles. The van der Waals surface area contributed by atoms with Crippen LogP contribution in [0.15, 0.2) is 64.2 Å². The summed E-state index contributed by atoms with van der Waals surface area (Å²) in [6, 6.07) is 19.3. The summed E-state index contributed by atoms with van der Waals surface area (Å²) >= 11 is 0. The number of hydrogen-bond donors (Lipinski definition) is 0. The highest BCUT2D eigenvalue weighted by molar-refractivity contribution is 6.75. The van der Waals surface area contributed by atoms with Gasteiger partial charge in [-0.3, -0.25) is 0 Å². The number of hydrogen-bond acceptors (Lipinski definition) is 1. The minimum atomic E-state index is -1.58. The molecule has 0 atom stereocenters. The summed E-state index contributed by atoms with van der Waals surface area (Å²) < 4.78 is 5.07. The van der Waals surface area contributed by atoms with Crippen molar-refractivity contribution in [3.63, 3.8) is 0 Å². The Bertz CT molecular complexity index is 851. The first kappa shape index (κ1) is 18.8. The maximum atomic E-state index is 5.07. The molecule has 0 spiro atoms. The molecule has 0 radical (unpaired) electrons. The first-order valence-corrected chi connectivity index (χ1v) is 12.8. The second kappa shape index (κ2) is 6.31. The molecular formula is C23H30N2Si. The molecule has 0 bridgehead atoms. The average Bonchev–Trinajstić information content (AvgIpc) is 2.74. The summed E-state index contributed by atoms with van der Waals surface area (Å²) in [6.07, 6.45) is 0. The fourth-order valence-corrected chi connectivity index (χ4v) is 4.28. The molecule has 0 amide bonds. The highest BCUT2D eigenvalue weighted by Crippen LogP contribution is 2.48. The Morgan fingerprint density at radius 1 is 0.692 bits per heavy atom. The minimum absolute atomic E-state index is 0.0558. The van der Waals surface area contributed by atoms with Crippen molar-refractivity contribution in [2.75, 3.05) is 0 Å². The van der Waals surface area contributed by atoms with Gasteiger partial charge in [-0.05, 0) is 36.3 Å². The molecule has 1 aliphatic rings. The Labute approximate surface area is 159 Å². The van der Waals surface area contributed by atoms with E-state index in [9.17, 15) is 0 Å². The third-order valence-corrected chi connectivity index (χ3v) is 6.52. The van der Waals surface area contributed by atoms with Gasteiger partial charge >= 0.3 is 0 Å². The molecule has 1 aliphatic heterocycles. The van der Waals surface area contributed by atoms with Gasteiger partial charge in [-0.25, -0.2) is 4.99 Å². The molecule has 3 heteroatoms. The Morgan fingerprint density at radius 3 is 1.73 bits per heavy atom. The van der Waals surface area contributed by atoms with Gasteiger partial charge in [0.15, 0.2) is 8.24 Å². The van der Waals surface area contributed by atoms with Crippen LogP contribution in [0.2, 0.25) is 19.6 Å². The lowest BCUT2D eigenvalue weighted by Crippen LogP contribution is -2.39. The van der Waals surface area contributed by atoms with Crippen molar-refractivity contribution in [2.45, 2.75) is 47.3 Å². The zero-order chi connectivity index (χ0) is 19.2. The average molecular weight is 363 g/mol. The number of rotatable bonds is 3. The monoisotopic (exact) mass is 362 g/mol. The molecular weight excluding hydrogens is 332 g/mol. The van der Waals surface area contributed by atoms with Gasteiger partial charge < -0.3 is 4.66 Å². The normalized spacial score (nSPS) is 20.3. The van der Waals surface area contributed by atoms with Crippen LogP contribution >= 0.6 is 0 Å². The molecule has 0 N–H and O–H groups in total. The van der Waals surface area contributed by atoms with Crippen LogP contribution < -0.4 is 0 Å². The van der Waals surface area contributed by atoms with E-state index in [-0.39, 0.29) is 10.8 Å². The van der Waals surface area contributed by atoms with Crippen LogP contribution in [0, 0.1) is 10.8 Å². The van der Waals surface area contributed by atoms with Crippen LogP contribution in [0.4, 0.5) is 0 Å². The number of benzene rings is 2. The molecule has 2 nitrogen and oxygen atoms in total.